The highest BCUT2D eigenvalue weighted by Gasteiger charge is 2.10. The van der Waals surface area contributed by atoms with Crippen molar-refractivity contribution >= 4 is 64.8 Å². The van der Waals surface area contributed by atoms with Crippen LogP contribution in [-0.4, -0.2) is 4.98 Å². The summed E-state index contributed by atoms with van der Waals surface area (Å²) in [5.74, 6) is 0. The molecule has 2 heterocycles. The molecule has 0 aliphatic rings. The zero-order valence-electron chi connectivity index (χ0n) is 11.5. The SMILES string of the molecule is Clc1nc2cc3c(cc2c2ccccc12)sc1ccccc13. The van der Waals surface area contributed by atoms with Gasteiger partial charge in [0.1, 0.15) is 5.15 Å². The van der Waals surface area contributed by atoms with Crippen molar-refractivity contribution in [1.29, 1.82) is 0 Å². The first-order valence-electron chi connectivity index (χ1n) is 7.10. The molecule has 0 spiro atoms. The molecule has 0 amide bonds. The standard InChI is InChI=1S/C19H10ClNS/c20-19-13-7-2-1-5-11(13)14-10-18-15(9-16(14)21-19)12-6-3-4-8-17(12)22-18/h1-10H. The Morgan fingerprint density at radius 1 is 0.682 bits per heavy atom. The number of hydrogen-bond donors (Lipinski definition) is 0. The molecular weight excluding hydrogens is 310 g/mol. The van der Waals surface area contributed by atoms with E-state index in [-0.39, 0.29) is 0 Å². The summed E-state index contributed by atoms with van der Waals surface area (Å²) in [6, 6.07) is 21.1. The Balaban J connectivity index is 2.05. The van der Waals surface area contributed by atoms with Gasteiger partial charge in [-0.3, -0.25) is 0 Å². The maximum Gasteiger partial charge on any atom is 0.137 e. The summed E-state index contributed by atoms with van der Waals surface area (Å²) in [6.45, 7) is 0. The first-order chi connectivity index (χ1) is 10.8. The van der Waals surface area contributed by atoms with Gasteiger partial charge in [-0.1, -0.05) is 54.1 Å². The van der Waals surface area contributed by atoms with Gasteiger partial charge in [0.15, 0.2) is 0 Å². The number of benzene rings is 3. The van der Waals surface area contributed by atoms with E-state index in [9.17, 15) is 0 Å². The van der Waals surface area contributed by atoms with Crippen molar-refractivity contribution in [2.75, 3.05) is 0 Å². The summed E-state index contributed by atoms with van der Waals surface area (Å²) in [7, 11) is 0. The molecule has 3 aromatic carbocycles. The van der Waals surface area contributed by atoms with Crippen molar-refractivity contribution in [3.05, 3.63) is 65.8 Å². The van der Waals surface area contributed by atoms with Gasteiger partial charge in [0.25, 0.3) is 0 Å². The van der Waals surface area contributed by atoms with Gasteiger partial charge in [-0.2, -0.15) is 0 Å². The highest BCUT2D eigenvalue weighted by Crippen LogP contribution is 2.38. The summed E-state index contributed by atoms with van der Waals surface area (Å²) >= 11 is 8.20. The summed E-state index contributed by atoms with van der Waals surface area (Å²) in [5, 5.41) is 6.46. The van der Waals surface area contributed by atoms with Crippen molar-refractivity contribution in [2.45, 2.75) is 0 Å². The smallest absolute Gasteiger partial charge is 0.137 e. The highest BCUT2D eigenvalue weighted by molar-refractivity contribution is 7.25. The second-order valence-electron chi connectivity index (χ2n) is 5.41. The number of rotatable bonds is 0. The van der Waals surface area contributed by atoms with Crippen LogP contribution in [0.1, 0.15) is 0 Å². The van der Waals surface area contributed by atoms with Crippen LogP contribution in [-0.2, 0) is 0 Å². The predicted octanol–water partition coefficient (Wildman–Crippen LogP) is 6.41. The molecule has 0 unspecified atom stereocenters. The van der Waals surface area contributed by atoms with E-state index in [1.54, 1.807) is 0 Å². The minimum Gasteiger partial charge on any atom is -0.235 e. The fourth-order valence-electron chi connectivity index (χ4n) is 3.13. The van der Waals surface area contributed by atoms with Crippen LogP contribution in [0.25, 0.3) is 41.8 Å². The number of thiophene rings is 1. The van der Waals surface area contributed by atoms with Crippen LogP contribution >= 0.6 is 22.9 Å². The van der Waals surface area contributed by atoms with E-state index in [0.717, 1.165) is 16.3 Å². The number of halogens is 1. The van der Waals surface area contributed by atoms with Crippen LogP contribution in [0.2, 0.25) is 5.15 Å². The van der Waals surface area contributed by atoms with Gasteiger partial charge in [-0.05, 0) is 23.6 Å². The van der Waals surface area contributed by atoms with Crippen LogP contribution < -0.4 is 0 Å². The van der Waals surface area contributed by atoms with E-state index in [1.807, 2.05) is 29.5 Å². The van der Waals surface area contributed by atoms with Crippen LogP contribution in [0, 0.1) is 0 Å². The lowest BCUT2D eigenvalue weighted by Crippen LogP contribution is -1.84. The first kappa shape index (κ1) is 12.4. The van der Waals surface area contributed by atoms with Gasteiger partial charge >= 0.3 is 0 Å². The topological polar surface area (TPSA) is 12.9 Å². The van der Waals surface area contributed by atoms with E-state index < -0.39 is 0 Å². The second-order valence-corrected chi connectivity index (χ2v) is 6.85. The maximum absolute atomic E-state index is 6.37. The third-order valence-corrected chi connectivity index (χ3v) is 5.57. The molecule has 0 N–H and O–H groups in total. The summed E-state index contributed by atoms with van der Waals surface area (Å²) in [4.78, 5) is 4.61. The Labute approximate surface area is 135 Å². The monoisotopic (exact) mass is 319 g/mol. The van der Waals surface area contributed by atoms with E-state index in [4.69, 9.17) is 11.6 Å². The molecule has 0 aliphatic heterocycles. The lowest BCUT2D eigenvalue weighted by Gasteiger charge is -2.05. The largest absolute Gasteiger partial charge is 0.235 e. The van der Waals surface area contributed by atoms with Crippen LogP contribution in [0.15, 0.2) is 60.7 Å². The molecule has 22 heavy (non-hydrogen) atoms. The summed E-state index contributed by atoms with van der Waals surface area (Å²) in [5.41, 5.74) is 0.958. The van der Waals surface area contributed by atoms with Crippen molar-refractivity contribution < 1.29 is 0 Å². The minimum absolute atomic E-state index is 0.571. The van der Waals surface area contributed by atoms with Crippen molar-refractivity contribution in [1.82, 2.24) is 4.98 Å². The molecule has 1 nitrogen and oxygen atoms in total. The molecule has 5 rings (SSSR count). The van der Waals surface area contributed by atoms with Crippen molar-refractivity contribution in [3.63, 3.8) is 0 Å². The van der Waals surface area contributed by atoms with Crippen molar-refractivity contribution in [2.24, 2.45) is 0 Å². The maximum atomic E-state index is 6.37. The highest BCUT2D eigenvalue weighted by atomic mass is 35.5. The molecule has 2 aromatic heterocycles. The Morgan fingerprint density at radius 3 is 2.27 bits per heavy atom. The molecule has 0 saturated heterocycles. The molecule has 0 radical (unpaired) electrons. The molecule has 0 bridgehead atoms. The average Bonchev–Trinajstić information content (AvgIpc) is 2.91. The minimum atomic E-state index is 0.571. The normalized spacial score (nSPS) is 11.9. The number of hydrogen-bond acceptors (Lipinski definition) is 2. The number of pyridine rings is 1. The van der Waals surface area contributed by atoms with Gasteiger partial charge in [-0.25, -0.2) is 4.98 Å². The second kappa shape index (κ2) is 4.42. The first-order valence-corrected chi connectivity index (χ1v) is 8.30. The molecule has 104 valence electrons. The Hall–Kier alpha value is -2.16. The zero-order chi connectivity index (χ0) is 14.7. The quantitative estimate of drug-likeness (QED) is 0.237. The van der Waals surface area contributed by atoms with Gasteiger partial charge in [-0.15, -0.1) is 11.3 Å². The van der Waals surface area contributed by atoms with E-state index in [2.05, 4.69) is 47.4 Å². The Bertz CT molecular complexity index is 1190. The molecule has 0 fully saturated rings. The Kier molecular flexibility index (Phi) is 2.49. The fraction of sp³-hybridized carbons (Fsp3) is 0. The third-order valence-electron chi connectivity index (χ3n) is 4.15. The summed E-state index contributed by atoms with van der Waals surface area (Å²) in [6.07, 6.45) is 0. The molecule has 0 aliphatic carbocycles. The zero-order valence-corrected chi connectivity index (χ0v) is 13.1. The van der Waals surface area contributed by atoms with E-state index in [1.165, 1.54) is 25.6 Å². The molecular formula is C19H10ClNS. The number of nitrogens with zero attached hydrogens (tertiary/aromatic N) is 1. The average molecular weight is 320 g/mol. The lowest BCUT2D eigenvalue weighted by atomic mass is 10.0. The van der Waals surface area contributed by atoms with Gasteiger partial charge in [0, 0.05) is 30.9 Å². The lowest BCUT2D eigenvalue weighted by molar-refractivity contribution is 1.45. The van der Waals surface area contributed by atoms with Crippen LogP contribution in [0.3, 0.4) is 0 Å². The van der Waals surface area contributed by atoms with Gasteiger partial charge in [0.2, 0.25) is 0 Å². The number of fused-ring (bicyclic) bond motifs is 6. The molecule has 0 atom stereocenters. The fourth-order valence-corrected chi connectivity index (χ4v) is 4.51. The number of aromatic nitrogens is 1. The van der Waals surface area contributed by atoms with Crippen molar-refractivity contribution in [3.8, 4) is 0 Å². The summed E-state index contributed by atoms with van der Waals surface area (Å²) < 4.78 is 2.60. The molecule has 0 saturated carbocycles. The molecule has 5 aromatic rings. The van der Waals surface area contributed by atoms with Gasteiger partial charge in [0.05, 0.1) is 5.52 Å². The Morgan fingerprint density at radius 2 is 1.41 bits per heavy atom. The predicted molar refractivity (Wildman–Crippen MR) is 97.1 cm³/mol. The molecule has 3 heteroatoms. The third kappa shape index (κ3) is 1.62. The van der Waals surface area contributed by atoms with E-state index in [0.29, 0.717) is 5.15 Å². The van der Waals surface area contributed by atoms with Crippen LogP contribution in [0.4, 0.5) is 0 Å². The van der Waals surface area contributed by atoms with E-state index >= 15 is 0 Å². The van der Waals surface area contributed by atoms with Crippen LogP contribution in [0.5, 0.6) is 0 Å². The van der Waals surface area contributed by atoms with Gasteiger partial charge < -0.3 is 0 Å².